The van der Waals surface area contributed by atoms with Crippen LogP contribution in [-0.4, -0.2) is 22.8 Å². The number of anilines is 1. The average molecular weight is 530 g/mol. The minimum absolute atomic E-state index is 0.0947. The molecule has 2 aromatic carbocycles. The van der Waals surface area contributed by atoms with E-state index in [0.29, 0.717) is 29.4 Å². The molecule has 0 aliphatic carbocycles. The maximum absolute atomic E-state index is 13.0. The van der Waals surface area contributed by atoms with Gasteiger partial charge in [-0.25, -0.2) is 20.1 Å². The van der Waals surface area contributed by atoms with Crippen LogP contribution < -0.4 is 10.4 Å². The molecule has 1 unspecified atom stereocenters. The molecule has 0 bridgehead atoms. The van der Waals surface area contributed by atoms with Crippen molar-refractivity contribution in [3.8, 4) is 11.1 Å². The lowest BCUT2D eigenvalue weighted by atomic mass is 9.98. The van der Waals surface area contributed by atoms with Gasteiger partial charge in [-0.3, -0.25) is 9.69 Å². The van der Waals surface area contributed by atoms with Gasteiger partial charge in [0.2, 0.25) is 12.1 Å². The summed E-state index contributed by atoms with van der Waals surface area (Å²) in [6.45, 7) is 4.07. The minimum Gasteiger partial charge on any atom is -0.478 e. The summed E-state index contributed by atoms with van der Waals surface area (Å²) in [6.07, 6.45) is 2.05. The number of aryl methyl sites for hydroxylation is 1. The smallest absolute Gasteiger partial charge is 0.338 e. The van der Waals surface area contributed by atoms with Gasteiger partial charge in [0, 0.05) is 16.9 Å². The Morgan fingerprint density at radius 3 is 2.53 bits per heavy atom. The molecule has 38 heavy (non-hydrogen) atoms. The van der Waals surface area contributed by atoms with E-state index in [9.17, 15) is 14.7 Å². The van der Waals surface area contributed by atoms with Crippen molar-refractivity contribution in [2.75, 3.05) is 4.90 Å². The third-order valence-electron chi connectivity index (χ3n) is 6.16. The van der Waals surface area contributed by atoms with E-state index >= 15 is 0 Å². The van der Waals surface area contributed by atoms with Crippen molar-refractivity contribution in [2.24, 2.45) is 4.99 Å². The maximum atomic E-state index is 13.0. The predicted molar refractivity (Wildman–Crippen MR) is 146 cm³/mol. The first-order chi connectivity index (χ1) is 18.4. The summed E-state index contributed by atoms with van der Waals surface area (Å²) in [7, 11) is 0. The van der Waals surface area contributed by atoms with Crippen molar-refractivity contribution in [1.82, 2.24) is 5.48 Å². The highest BCUT2D eigenvalue weighted by molar-refractivity contribution is 7.16. The number of carboxylic acid groups (broad SMARTS) is 1. The topological polar surface area (TPSA) is 104 Å². The Morgan fingerprint density at radius 2 is 1.84 bits per heavy atom. The van der Waals surface area contributed by atoms with Gasteiger partial charge < -0.3 is 9.52 Å². The van der Waals surface area contributed by atoms with Crippen molar-refractivity contribution in [3.05, 3.63) is 100 Å². The van der Waals surface area contributed by atoms with E-state index in [4.69, 9.17) is 9.25 Å². The zero-order chi connectivity index (χ0) is 26.6. The summed E-state index contributed by atoms with van der Waals surface area (Å²) in [5.74, 6) is 0.0928. The maximum Gasteiger partial charge on any atom is 0.338 e. The molecule has 8 nitrogen and oxygen atoms in total. The molecule has 9 heteroatoms. The zero-order valence-electron chi connectivity index (χ0n) is 21.0. The Morgan fingerprint density at radius 1 is 1.08 bits per heavy atom. The normalized spacial score (nSPS) is 14.7. The standard InChI is InChI=1S/C29H27N3O5S/c1-3-7-25(33)32(28-23(29(34)35)16-18(2)38-28)17-19-11-13-20(14-12-19)21-8-4-5-9-22(21)26-30-27(37-31-26)24-10-6-15-36-24/h4-6,8-16,27H,3,7,17H2,1-2H3,(H,30,31)(H,34,35). The van der Waals surface area contributed by atoms with Crippen molar-refractivity contribution < 1.29 is 24.0 Å². The van der Waals surface area contributed by atoms with Gasteiger partial charge in [0.05, 0.1) is 18.4 Å². The number of amides is 1. The van der Waals surface area contributed by atoms with Crippen molar-refractivity contribution >= 4 is 34.0 Å². The third kappa shape index (κ3) is 5.25. The summed E-state index contributed by atoms with van der Waals surface area (Å²) < 4.78 is 5.42. The Balaban J connectivity index is 1.41. The molecule has 5 rings (SSSR count). The molecule has 194 valence electrons. The van der Waals surface area contributed by atoms with Crippen molar-refractivity contribution in [1.29, 1.82) is 0 Å². The number of furan rings is 1. The fourth-order valence-electron chi connectivity index (χ4n) is 4.35. The monoisotopic (exact) mass is 529 g/mol. The number of hydroxylamine groups is 1. The molecule has 0 fully saturated rings. The number of thiophene rings is 1. The van der Waals surface area contributed by atoms with Gasteiger partial charge in [-0.1, -0.05) is 55.5 Å². The van der Waals surface area contributed by atoms with Gasteiger partial charge in [-0.2, -0.15) is 0 Å². The van der Waals surface area contributed by atoms with Gasteiger partial charge in [0.15, 0.2) is 11.6 Å². The summed E-state index contributed by atoms with van der Waals surface area (Å²) in [6, 6.07) is 21.0. The number of nitrogens with one attached hydrogen (secondary N) is 1. The first-order valence-electron chi connectivity index (χ1n) is 12.3. The number of aliphatic imine (C=N–C) groups is 1. The number of amidine groups is 1. The summed E-state index contributed by atoms with van der Waals surface area (Å²) in [4.78, 5) is 37.6. The van der Waals surface area contributed by atoms with E-state index in [2.05, 4.69) is 10.5 Å². The average Bonchev–Trinajstić information content (AvgIpc) is 3.69. The van der Waals surface area contributed by atoms with Gasteiger partial charge in [0.1, 0.15) is 5.00 Å². The molecule has 1 atom stereocenters. The molecule has 1 amide bonds. The number of rotatable bonds is 9. The molecule has 1 aliphatic rings. The highest BCUT2D eigenvalue weighted by Crippen LogP contribution is 2.34. The van der Waals surface area contributed by atoms with Crippen molar-refractivity contribution in [3.63, 3.8) is 0 Å². The summed E-state index contributed by atoms with van der Waals surface area (Å²) >= 11 is 1.32. The molecule has 0 radical (unpaired) electrons. The van der Waals surface area contributed by atoms with Crippen LogP contribution in [0, 0.1) is 6.92 Å². The fourth-order valence-corrected chi connectivity index (χ4v) is 5.37. The second-order valence-electron chi connectivity index (χ2n) is 8.92. The van der Waals surface area contributed by atoms with Crippen LogP contribution in [0.15, 0.2) is 82.4 Å². The van der Waals surface area contributed by atoms with E-state index < -0.39 is 12.2 Å². The van der Waals surface area contributed by atoms with E-state index in [-0.39, 0.29) is 18.0 Å². The molecule has 4 aromatic rings. The summed E-state index contributed by atoms with van der Waals surface area (Å²) in [5.41, 5.74) is 6.79. The second kappa shape index (κ2) is 11.0. The molecule has 2 N–H and O–H groups in total. The van der Waals surface area contributed by atoms with Crippen LogP contribution in [0.25, 0.3) is 11.1 Å². The van der Waals surface area contributed by atoms with Crippen molar-refractivity contribution in [2.45, 2.75) is 39.5 Å². The highest BCUT2D eigenvalue weighted by atomic mass is 32.1. The predicted octanol–water partition coefficient (Wildman–Crippen LogP) is 6.33. The second-order valence-corrected chi connectivity index (χ2v) is 10.2. The van der Waals surface area contributed by atoms with Gasteiger partial charge >= 0.3 is 5.97 Å². The number of carboxylic acids is 1. The van der Waals surface area contributed by atoms with Gasteiger partial charge in [-0.15, -0.1) is 11.3 Å². The quantitative estimate of drug-likeness (QED) is 0.263. The first kappa shape index (κ1) is 25.4. The van der Waals surface area contributed by atoms with Crippen LogP contribution in [0.4, 0.5) is 5.00 Å². The molecule has 1 aliphatic heterocycles. The Hall–Kier alpha value is -4.21. The zero-order valence-corrected chi connectivity index (χ0v) is 21.8. The first-order valence-corrected chi connectivity index (χ1v) is 13.1. The lowest BCUT2D eigenvalue weighted by Gasteiger charge is -2.22. The molecule has 3 heterocycles. The molecule has 0 spiro atoms. The Bertz CT molecular complexity index is 1470. The lowest BCUT2D eigenvalue weighted by molar-refractivity contribution is -0.118. The molecular formula is C29H27N3O5S. The van der Waals surface area contributed by atoms with Gasteiger partial charge in [0.25, 0.3) is 0 Å². The molecule has 0 saturated heterocycles. The largest absolute Gasteiger partial charge is 0.478 e. The van der Waals surface area contributed by atoms with E-state index in [1.165, 1.54) is 11.3 Å². The Kier molecular flexibility index (Phi) is 7.39. The molecular weight excluding hydrogens is 502 g/mol. The SMILES string of the molecule is CCCC(=O)N(Cc1ccc(-c2ccccc2C2=NC(c3ccco3)ON2)cc1)c1sc(C)cc1C(=O)O. The third-order valence-corrected chi connectivity index (χ3v) is 7.24. The number of nitrogens with zero attached hydrogens (tertiary/aromatic N) is 2. The summed E-state index contributed by atoms with van der Waals surface area (Å²) in [5, 5.41) is 10.2. The number of aromatic carboxylic acids is 1. The number of hydrogen-bond acceptors (Lipinski definition) is 7. The fraction of sp³-hybridized carbons (Fsp3) is 0.207. The lowest BCUT2D eigenvalue weighted by Crippen LogP contribution is -2.30. The van der Waals surface area contributed by atoms with E-state index in [0.717, 1.165) is 27.1 Å². The van der Waals surface area contributed by atoms with Gasteiger partial charge in [-0.05, 0) is 48.2 Å². The molecule has 0 saturated carbocycles. The number of hydrogen-bond donors (Lipinski definition) is 2. The van der Waals surface area contributed by atoms with Crippen LogP contribution >= 0.6 is 11.3 Å². The highest BCUT2D eigenvalue weighted by Gasteiger charge is 2.26. The van der Waals surface area contributed by atoms with Crippen LogP contribution in [0.1, 0.15) is 58.1 Å². The van der Waals surface area contributed by atoms with E-state index in [1.54, 1.807) is 23.3 Å². The van der Waals surface area contributed by atoms with Crippen LogP contribution in [0.3, 0.4) is 0 Å². The van der Waals surface area contributed by atoms with Crippen LogP contribution in [0.2, 0.25) is 0 Å². The number of carbonyl (C=O) groups excluding carboxylic acids is 1. The van der Waals surface area contributed by atoms with E-state index in [1.807, 2.05) is 68.4 Å². The Labute approximate surface area is 224 Å². The number of benzene rings is 2. The minimum atomic E-state index is -1.03. The van der Waals surface area contributed by atoms with Crippen LogP contribution in [-0.2, 0) is 16.2 Å². The molecule has 2 aromatic heterocycles. The number of carbonyl (C=O) groups is 2. The van der Waals surface area contributed by atoms with Crippen LogP contribution in [0.5, 0.6) is 0 Å².